The minimum absolute atomic E-state index is 0.0123. The highest BCUT2D eigenvalue weighted by molar-refractivity contribution is 5.91. The van der Waals surface area contributed by atoms with E-state index < -0.39 is 83.0 Å². The lowest BCUT2D eigenvalue weighted by atomic mass is 9.81. The number of nitrogens with zero attached hydrogens (tertiary/aromatic N) is 1. The first kappa shape index (κ1) is 42.1. The van der Waals surface area contributed by atoms with Gasteiger partial charge in [-0.3, -0.25) is 4.79 Å². The Morgan fingerprint density at radius 1 is 0.745 bits per heavy atom. The van der Waals surface area contributed by atoms with Crippen molar-refractivity contribution in [1.82, 2.24) is 15.5 Å². The lowest BCUT2D eigenvalue weighted by Gasteiger charge is -2.37. The standard InChI is InChI=1S/C22H34F2N2O5.C13H21F2NO4/c1-20(2,3)31-19(29)25-15(12-7-9-22(23,24)10-8-12)17(27)26-11-13-14(21(13,4)5)16(26)18(28)30-6;1-12(2,3)20-11(19)16-9(10(17)18)8-4-6-13(14,15)7-5-8/h12-16H,7-11H2,1-6H3,(H,25,29);8-9H,4-7H2,1-3H3,(H,16,19)(H,17,18)/t13?,14-,15?,16-;/m0./s1. The summed E-state index contributed by atoms with van der Waals surface area (Å²) < 4.78 is 68.8. The normalized spacial score (nSPS) is 26.6. The van der Waals surface area contributed by atoms with Gasteiger partial charge in [-0.2, -0.15) is 0 Å². The molecule has 5 atom stereocenters. The van der Waals surface area contributed by atoms with Gasteiger partial charge in [-0.15, -0.1) is 0 Å². The number of ether oxygens (including phenoxy) is 3. The number of esters is 1. The van der Waals surface area contributed by atoms with Gasteiger partial charge in [0, 0.05) is 38.1 Å². The van der Waals surface area contributed by atoms with Gasteiger partial charge in [0.1, 0.15) is 29.3 Å². The third-order valence-corrected chi connectivity index (χ3v) is 10.3. The number of likely N-dealkylation sites (tertiary alicyclic amines) is 1. The van der Waals surface area contributed by atoms with Gasteiger partial charge in [-0.05, 0) is 90.4 Å². The van der Waals surface area contributed by atoms with E-state index in [9.17, 15) is 41.5 Å². The molecule has 3 N–H and O–H groups in total. The number of halogens is 4. The van der Waals surface area contributed by atoms with Crippen LogP contribution in [0.4, 0.5) is 27.2 Å². The number of amides is 3. The summed E-state index contributed by atoms with van der Waals surface area (Å²) >= 11 is 0. The molecule has 3 unspecified atom stereocenters. The Morgan fingerprint density at radius 2 is 1.14 bits per heavy atom. The van der Waals surface area contributed by atoms with Crippen molar-refractivity contribution in [3.05, 3.63) is 0 Å². The molecule has 0 bridgehead atoms. The second kappa shape index (κ2) is 15.3. The van der Waals surface area contributed by atoms with Crippen LogP contribution in [0.25, 0.3) is 0 Å². The fourth-order valence-corrected chi connectivity index (χ4v) is 7.50. The summed E-state index contributed by atoms with van der Waals surface area (Å²) in [6.07, 6.45) is -2.65. The molecule has 4 aliphatic rings. The smallest absolute Gasteiger partial charge is 0.408 e. The van der Waals surface area contributed by atoms with E-state index in [4.69, 9.17) is 19.3 Å². The number of alkyl halides is 4. The van der Waals surface area contributed by atoms with Crippen molar-refractivity contribution in [2.45, 2.75) is 148 Å². The second-order valence-electron chi connectivity index (χ2n) is 16.9. The fourth-order valence-electron chi connectivity index (χ4n) is 7.50. The molecule has 0 aromatic rings. The molecule has 292 valence electrons. The maximum absolute atomic E-state index is 13.7. The molecule has 3 saturated carbocycles. The number of methoxy groups -OCH3 is 1. The van der Waals surface area contributed by atoms with Gasteiger partial charge in [0.05, 0.1) is 7.11 Å². The van der Waals surface area contributed by atoms with Gasteiger partial charge >= 0.3 is 24.1 Å². The van der Waals surface area contributed by atoms with E-state index in [1.165, 1.54) is 12.0 Å². The first-order valence-electron chi connectivity index (χ1n) is 17.5. The van der Waals surface area contributed by atoms with E-state index in [1.54, 1.807) is 41.5 Å². The number of nitrogens with one attached hydrogen (secondary N) is 2. The van der Waals surface area contributed by atoms with Crippen LogP contribution in [0.3, 0.4) is 0 Å². The van der Waals surface area contributed by atoms with Gasteiger partial charge in [0.25, 0.3) is 0 Å². The number of carboxylic acids is 1. The zero-order valence-electron chi connectivity index (χ0n) is 31.1. The molecule has 4 rings (SSSR count). The number of carbonyl (C=O) groups is 5. The summed E-state index contributed by atoms with van der Waals surface area (Å²) in [6.45, 7) is 14.6. The molecule has 16 heteroatoms. The molecule has 1 heterocycles. The van der Waals surface area contributed by atoms with Gasteiger partial charge in [-0.1, -0.05) is 13.8 Å². The number of fused-ring (bicyclic) bond motifs is 1. The fraction of sp³-hybridized carbons (Fsp3) is 0.857. The molecule has 3 aliphatic carbocycles. The molecule has 0 aromatic carbocycles. The van der Waals surface area contributed by atoms with Crippen LogP contribution in [0.15, 0.2) is 0 Å². The molecule has 0 radical (unpaired) electrons. The quantitative estimate of drug-likeness (QED) is 0.158. The van der Waals surface area contributed by atoms with Crippen LogP contribution in [0.2, 0.25) is 0 Å². The molecule has 1 aliphatic heterocycles. The highest BCUT2D eigenvalue weighted by Crippen LogP contribution is 2.65. The average Bonchev–Trinajstić information content (AvgIpc) is 3.29. The summed E-state index contributed by atoms with van der Waals surface area (Å²) in [5.41, 5.74) is -1.59. The molecule has 0 aromatic heterocycles. The van der Waals surface area contributed by atoms with Gasteiger partial charge in [0.2, 0.25) is 17.8 Å². The number of hydrogen-bond donors (Lipinski definition) is 3. The topological polar surface area (TPSA) is 161 Å². The Morgan fingerprint density at radius 3 is 1.51 bits per heavy atom. The predicted molar refractivity (Wildman–Crippen MR) is 176 cm³/mol. The van der Waals surface area contributed by atoms with Crippen LogP contribution in [0, 0.1) is 29.1 Å². The van der Waals surface area contributed by atoms with Crippen LogP contribution in [-0.2, 0) is 28.6 Å². The number of rotatable bonds is 7. The largest absolute Gasteiger partial charge is 0.480 e. The monoisotopic (exact) mass is 737 g/mol. The molecule has 1 saturated heterocycles. The zero-order chi connectivity index (χ0) is 38.9. The first-order chi connectivity index (χ1) is 23.2. The van der Waals surface area contributed by atoms with Gasteiger partial charge < -0.3 is 34.9 Å². The van der Waals surface area contributed by atoms with E-state index in [0.717, 1.165) is 0 Å². The third kappa shape index (κ3) is 11.3. The van der Waals surface area contributed by atoms with Gasteiger partial charge in [-0.25, -0.2) is 36.7 Å². The van der Waals surface area contributed by atoms with Crippen molar-refractivity contribution in [2.24, 2.45) is 29.1 Å². The minimum Gasteiger partial charge on any atom is -0.480 e. The Balaban J connectivity index is 0.000000304. The lowest BCUT2D eigenvalue weighted by molar-refractivity contribution is -0.154. The van der Waals surface area contributed by atoms with Crippen molar-refractivity contribution in [3.8, 4) is 0 Å². The number of piperidine rings is 1. The maximum Gasteiger partial charge on any atom is 0.408 e. The highest BCUT2D eigenvalue weighted by Gasteiger charge is 2.70. The van der Waals surface area contributed by atoms with E-state index in [2.05, 4.69) is 24.5 Å². The van der Waals surface area contributed by atoms with Crippen LogP contribution >= 0.6 is 0 Å². The van der Waals surface area contributed by atoms with Crippen LogP contribution in [0.1, 0.15) is 107 Å². The number of alkyl carbamates (subject to hydrolysis) is 2. The maximum atomic E-state index is 13.7. The predicted octanol–water partition coefficient (Wildman–Crippen LogP) is 6.15. The Hall–Kier alpha value is -3.33. The number of carbonyl (C=O) groups excluding carboxylic acids is 4. The lowest BCUT2D eigenvalue weighted by Crippen LogP contribution is -2.57. The summed E-state index contributed by atoms with van der Waals surface area (Å²) in [7, 11) is 1.29. The van der Waals surface area contributed by atoms with Crippen molar-refractivity contribution >= 4 is 30.0 Å². The summed E-state index contributed by atoms with van der Waals surface area (Å²) in [4.78, 5) is 62.8. The first-order valence-corrected chi connectivity index (χ1v) is 17.5. The molecule has 51 heavy (non-hydrogen) atoms. The number of aliphatic carboxylic acids is 1. The van der Waals surface area contributed by atoms with E-state index in [0.29, 0.717) is 6.54 Å². The second-order valence-corrected chi connectivity index (χ2v) is 16.9. The van der Waals surface area contributed by atoms with Crippen molar-refractivity contribution in [2.75, 3.05) is 13.7 Å². The van der Waals surface area contributed by atoms with Crippen molar-refractivity contribution < 1.29 is 60.9 Å². The van der Waals surface area contributed by atoms with Crippen LogP contribution in [-0.4, -0.2) is 94.9 Å². The van der Waals surface area contributed by atoms with Crippen LogP contribution in [0.5, 0.6) is 0 Å². The van der Waals surface area contributed by atoms with E-state index in [-0.39, 0.29) is 68.6 Å². The summed E-state index contributed by atoms with van der Waals surface area (Å²) in [5.74, 6) is -8.44. The molecule has 0 spiro atoms. The van der Waals surface area contributed by atoms with E-state index >= 15 is 0 Å². The molecular weight excluding hydrogens is 682 g/mol. The molecule has 12 nitrogen and oxygen atoms in total. The van der Waals surface area contributed by atoms with Crippen LogP contribution < -0.4 is 10.6 Å². The average molecular weight is 738 g/mol. The molecule has 3 amide bonds. The summed E-state index contributed by atoms with van der Waals surface area (Å²) in [5, 5.41) is 14.0. The van der Waals surface area contributed by atoms with E-state index in [1.807, 2.05) is 0 Å². The number of carboxylic acid groups (broad SMARTS) is 1. The minimum atomic E-state index is -2.76. The SMILES string of the molecule is CC(C)(C)OC(=O)NC(C(=O)O)C1CCC(F)(F)CC1.COC(=O)[C@@H]1[C@@H]2C(CN1C(=O)C(NC(=O)OC(C)(C)C)C1CCC(F)(F)CC1)C2(C)C. The Bertz CT molecular complexity index is 1290. The zero-order valence-corrected chi connectivity index (χ0v) is 31.1. The van der Waals surface area contributed by atoms with Crippen molar-refractivity contribution in [3.63, 3.8) is 0 Å². The molecular formula is C35H55F4N3O9. The van der Waals surface area contributed by atoms with Crippen molar-refractivity contribution in [1.29, 1.82) is 0 Å². The number of hydrogen-bond acceptors (Lipinski definition) is 8. The Kier molecular flexibility index (Phi) is 12.7. The third-order valence-electron chi connectivity index (χ3n) is 10.3. The highest BCUT2D eigenvalue weighted by atomic mass is 19.3. The van der Waals surface area contributed by atoms with Gasteiger partial charge in [0.15, 0.2) is 0 Å². The Labute approximate surface area is 297 Å². The molecule has 4 fully saturated rings. The summed E-state index contributed by atoms with van der Waals surface area (Å²) in [6, 6.07) is -2.95.